The Bertz CT molecular complexity index is 286. The molecule has 0 aliphatic rings. The zero-order valence-electron chi connectivity index (χ0n) is 12.8. The second kappa shape index (κ2) is 11.6. The fourth-order valence-electron chi connectivity index (χ4n) is 1.90. The standard InChI is InChI=1S/C13H29N5O2/c1-15-8-4-5-10(16-2)9-18-12(19)7-6-11(17-3)13(14)20/h10-11,15-17H,4-9H2,1-3H3,(H2,14,20)(H,18,19)/t10-,11-/m0/s1. The minimum Gasteiger partial charge on any atom is -0.368 e. The Morgan fingerprint density at radius 1 is 1.10 bits per heavy atom. The maximum atomic E-state index is 11.7. The van der Waals surface area contributed by atoms with Gasteiger partial charge in [0.05, 0.1) is 6.04 Å². The second-order valence-corrected chi connectivity index (χ2v) is 4.82. The highest BCUT2D eigenvalue weighted by Gasteiger charge is 2.15. The van der Waals surface area contributed by atoms with Gasteiger partial charge in [0.1, 0.15) is 0 Å². The number of hydrogen-bond donors (Lipinski definition) is 5. The number of carbonyl (C=O) groups excluding carboxylic acids is 2. The molecule has 20 heavy (non-hydrogen) atoms. The summed E-state index contributed by atoms with van der Waals surface area (Å²) in [6.07, 6.45) is 2.77. The molecule has 0 fully saturated rings. The number of primary amides is 1. The molecule has 0 radical (unpaired) electrons. The molecule has 2 amide bonds. The van der Waals surface area contributed by atoms with Gasteiger partial charge >= 0.3 is 0 Å². The maximum Gasteiger partial charge on any atom is 0.234 e. The lowest BCUT2D eigenvalue weighted by Crippen LogP contribution is -2.42. The average molecular weight is 287 g/mol. The van der Waals surface area contributed by atoms with Crippen LogP contribution in [0.5, 0.6) is 0 Å². The predicted molar refractivity (Wildman–Crippen MR) is 80.3 cm³/mol. The molecule has 0 saturated carbocycles. The van der Waals surface area contributed by atoms with E-state index >= 15 is 0 Å². The topological polar surface area (TPSA) is 108 Å². The van der Waals surface area contributed by atoms with Crippen molar-refractivity contribution in [1.29, 1.82) is 0 Å². The van der Waals surface area contributed by atoms with E-state index in [-0.39, 0.29) is 11.9 Å². The molecule has 6 N–H and O–H groups in total. The van der Waals surface area contributed by atoms with Crippen LogP contribution in [-0.2, 0) is 9.59 Å². The summed E-state index contributed by atoms with van der Waals surface area (Å²) in [4.78, 5) is 22.7. The number of amides is 2. The summed E-state index contributed by atoms with van der Waals surface area (Å²) in [5.41, 5.74) is 5.20. The van der Waals surface area contributed by atoms with E-state index in [9.17, 15) is 9.59 Å². The number of nitrogens with one attached hydrogen (secondary N) is 4. The van der Waals surface area contributed by atoms with E-state index in [2.05, 4.69) is 21.3 Å². The monoisotopic (exact) mass is 287 g/mol. The van der Waals surface area contributed by atoms with Crippen molar-refractivity contribution >= 4 is 11.8 Å². The van der Waals surface area contributed by atoms with Crippen molar-refractivity contribution in [2.75, 3.05) is 34.2 Å². The van der Waals surface area contributed by atoms with E-state index in [0.29, 0.717) is 19.4 Å². The second-order valence-electron chi connectivity index (χ2n) is 4.82. The van der Waals surface area contributed by atoms with Crippen molar-refractivity contribution in [2.24, 2.45) is 5.73 Å². The van der Waals surface area contributed by atoms with Crippen LogP contribution in [0, 0.1) is 0 Å². The van der Waals surface area contributed by atoms with Gasteiger partial charge in [-0.1, -0.05) is 0 Å². The number of carbonyl (C=O) groups is 2. The molecule has 0 saturated heterocycles. The number of nitrogens with two attached hydrogens (primary N) is 1. The average Bonchev–Trinajstić information content (AvgIpc) is 2.43. The van der Waals surface area contributed by atoms with Crippen molar-refractivity contribution < 1.29 is 9.59 Å². The van der Waals surface area contributed by atoms with Crippen LogP contribution in [0.25, 0.3) is 0 Å². The van der Waals surface area contributed by atoms with Crippen LogP contribution in [-0.4, -0.2) is 58.1 Å². The van der Waals surface area contributed by atoms with Gasteiger partial charge < -0.3 is 27.0 Å². The summed E-state index contributed by atoms with van der Waals surface area (Å²) in [7, 11) is 5.47. The molecule has 2 atom stereocenters. The first-order valence-corrected chi connectivity index (χ1v) is 7.10. The highest BCUT2D eigenvalue weighted by Crippen LogP contribution is 1.98. The smallest absolute Gasteiger partial charge is 0.234 e. The molecule has 0 unspecified atom stereocenters. The summed E-state index contributed by atoms with van der Waals surface area (Å²) < 4.78 is 0. The first-order chi connectivity index (χ1) is 9.54. The predicted octanol–water partition coefficient (Wildman–Crippen LogP) is -1.46. The molecule has 0 aromatic carbocycles. The molecule has 0 aromatic heterocycles. The van der Waals surface area contributed by atoms with Crippen molar-refractivity contribution in [3.63, 3.8) is 0 Å². The zero-order valence-corrected chi connectivity index (χ0v) is 12.8. The van der Waals surface area contributed by atoms with Gasteiger partial charge in [0.25, 0.3) is 0 Å². The van der Waals surface area contributed by atoms with Gasteiger partial charge in [0, 0.05) is 19.0 Å². The van der Waals surface area contributed by atoms with E-state index < -0.39 is 11.9 Å². The highest BCUT2D eigenvalue weighted by atomic mass is 16.2. The quantitative estimate of drug-likeness (QED) is 0.282. The van der Waals surface area contributed by atoms with Gasteiger partial charge in [-0.3, -0.25) is 9.59 Å². The molecule has 7 nitrogen and oxygen atoms in total. The normalized spacial score (nSPS) is 13.8. The van der Waals surface area contributed by atoms with Crippen molar-refractivity contribution in [3.05, 3.63) is 0 Å². The lowest BCUT2D eigenvalue weighted by Gasteiger charge is -2.17. The lowest BCUT2D eigenvalue weighted by atomic mass is 10.1. The molecular formula is C13H29N5O2. The number of rotatable bonds is 12. The first-order valence-electron chi connectivity index (χ1n) is 7.10. The van der Waals surface area contributed by atoms with Crippen LogP contribution in [0.2, 0.25) is 0 Å². The van der Waals surface area contributed by atoms with E-state index in [0.717, 1.165) is 19.4 Å². The third-order valence-electron chi connectivity index (χ3n) is 3.29. The summed E-state index contributed by atoms with van der Waals surface area (Å²) in [5.74, 6) is -0.485. The molecular weight excluding hydrogens is 258 g/mol. The Balaban J connectivity index is 3.86. The first kappa shape index (κ1) is 18.8. The van der Waals surface area contributed by atoms with Gasteiger partial charge in [0.15, 0.2) is 0 Å². The molecule has 0 aromatic rings. The minimum atomic E-state index is -0.448. The lowest BCUT2D eigenvalue weighted by molar-refractivity contribution is -0.122. The van der Waals surface area contributed by atoms with Crippen LogP contribution in [0.4, 0.5) is 0 Å². The Labute approximate surface area is 121 Å². The Hall–Kier alpha value is -1.18. The fraction of sp³-hybridized carbons (Fsp3) is 0.846. The van der Waals surface area contributed by atoms with Gasteiger partial charge in [-0.25, -0.2) is 0 Å². The van der Waals surface area contributed by atoms with E-state index in [1.165, 1.54) is 0 Å². The van der Waals surface area contributed by atoms with Crippen molar-refractivity contribution in [1.82, 2.24) is 21.3 Å². The van der Waals surface area contributed by atoms with E-state index in [1.54, 1.807) is 7.05 Å². The summed E-state index contributed by atoms with van der Waals surface area (Å²) in [6.45, 7) is 1.56. The molecule has 7 heteroatoms. The van der Waals surface area contributed by atoms with Crippen LogP contribution < -0.4 is 27.0 Å². The van der Waals surface area contributed by atoms with Crippen molar-refractivity contribution in [2.45, 2.75) is 37.8 Å². The minimum absolute atomic E-state index is 0.0552. The highest BCUT2D eigenvalue weighted by molar-refractivity contribution is 5.81. The molecule has 0 bridgehead atoms. The molecule has 0 rings (SSSR count). The van der Waals surface area contributed by atoms with Gasteiger partial charge in [-0.15, -0.1) is 0 Å². The van der Waals surface area contributed by atoms with Crippen LogP contribution in [0.15, 0.2) is 0 Å². The largest absolute Gasteiger partial charge is 0.368 e. The SMILES string of the molecule is CNCCC[C@@H](CNC(=O)CC[C@H](NC)C(N)=O)NC. The molecule has 0 spiro atoms. The van der Waals surface area contributed by atoms with Gasteiger partial charge in [0.2, 0.25) is 11.8 Å². The summed E-state index contributed by atoms with van der Waals surface area (Å²) in [6, 6.07) is -0.181. The molecule has 0 aliphatic carbocycles. The fourth-order valence-corrected chi connectivity index (χ4v) is 1.90. The summed E-state index contributed by atoms with van der Waals surface area (Å²) >= 11 is 0. The molecule has 0 aliphatic heterocycles. The van der Waals surface area contributed by atoms with Crippen LogP contribution in [0.3, 0.4) is 0 Å². The Morgan fingerprint density at radius 3 is 2.30 bits per heavy atom. The number of likely N-dealkylation sites (N-methyl/N-ethyl adjacent to an activating group) is 2. The van der Waals surface area contributed by atoms with Crippen molar-refractivity contribution in [3.8, 4) is 0 Å². The molecule has 118 valence electrons. The molecule has 0 heterocycles. The zero-order chi connectivity index (χ0) is 15.4. The third-order valence-corrected chi connectivity index (χ3v) is 3.29. The van der Waals surface area contributed by atoms with E-state index in [1.807, 2.05) is 14.1 Å². The van der Waals surface area contributed by atoms with Gasteiger partial charge in [-0.2, -0.15) is 0 Å². The third kappa shape index (κ3) is 8.84. The maximum absolute atomic E-state index is 11.7. The van der Waals surface area contributed by atoms with Gasteiger partial charge in [-0.05, 0) is 47.0 Å². The van der Waals surface area contributed by atoms with E-state index in [4.69, 9.17) is 5.73 Å². The Morgan fingerprint density at radius 2 is 1.80 bits per heavy atom. The van der Waals surface area contributed by atoms with Crippen LogP contribution >= 0.6 is 0 Å². The summed E-state index contributed by atoms with van der Waals surface area (Å²) in [5, 5.41) is 11.9. The van der Waals surface area contributed by atoms with Crippen LogP contribution in [0.1, 0.15) is 25.7 Å². The number of hydrogen-bond acceptors (Lipinski definition) is 5. The Kier molecular flexibility index (Phi) is 10.9.